The van der Waals surface area contributed by atoms with Gasteiger partial charge in [0.05, 0.1) is 6.04 Å². The fraction of sp³-hybridized carbons (Fsp3) is 0.227. The third-order valence-corrected chi connectivity index (χ3v) is 4.21. The van der Waals surface area contributed by atoms with Gasteiger partial charge in [-0.15, -0.1) is 0 Å². The summed E-state index contributed by atoms with van der Waals surface area (Å²) < 4.78 is 0. The number of hydrogen-bond donors (Lipinski definition) is 7. The van der Waals surface area contributed by atoms with E-state index >= 15 is 0 Å². The number of anilines is 1. The van der Waals surface area contributed by atoms with E-state index < -0.39 is 23.9 Å². The minimum atomic E-state index is -1.05. The van der Waals surface area contributed by atoms with Gasteiger partial charge >= 0.3 is 0 Å². The highest BCUT2D eigenvalue weighted by molar-refractivity contribution is 5.97. The lowest BCUT2D eigenvalue weighted by Gasteiger charge is -2.14. The number of hydrogen-bond acceptors (Lipinski definition) is 7. The quantitative estimate of drug-likeness (QED) is 0.172. The predicted octanol–water partition coefficient (Wildman–Crippen LogP) is -0.490. The van der Waals surface area contributed by atoms with Crippen LogP contribution in [0.4, 0.5) is 5.69 Å². The van der Waals surface area contributed by atoms with Crippen molar-refractivity contribution in [1.29, 1.82) is 0 Å². The van der Waals surface area contributed by atoms with E-state index in [4.69, 9.17) is 22.4 Å². The highest BCUT2D eigenvalue weighted by Gasteiger charge is 2.19. The monoisotopic (exact) mass is 440 g/mol. The molecule has 10 heteroatoms. The Bertz CT molecular complexity index is 980. The maximum absolute atomic E-state index is 12.2. The van der Waals surface area contributed by atoms with E-state index in [0.29, 0.717) is 16.8 Å². The number of hydroxylamine groups is 1. The first-order valence-electron chi connectivity index (χ1n) is 9.31. The van der Waals surface area contributed by atoms with Crippen molar-refractivity contribution in [2.45, 2.75) is 19.5 Å². The van der Waals surface area contributed by atoms with Gasteiger partial charge in [0, 0.05) is 35.5 Å². The van der Waals surface area contributed by atoms with Crippen molar-refractivity contribution in [3.8, 4) is 11.8 Å². The lowest BCUT2D eigenvalue weighted by Crippen LogP contribution is -2.50. The maximum Gasteiger partial charge on any atom is 0.267 e. The standard InChI is InChI=1S/C21H24N6O4.CH4/c22-11-17(24)20(29)25-16-9-5-14(6-10-16)2-1-13-3-7-15(8-4-13)19(28)26-18(12-23)21(30)27-31;/h3-10,17-18,31H,11-12,22-24H2,(H,25,29)(H,26,28)(H,27,30);1H4/t17-,18-;/m0./s1. The van der Waals surface area contributed by atoms with Crippen molar-refractivity contribution in [3.05, 3.63) is 65.2 Å². The third-order valence-electron chi connectivity index (χ3n) is 4.21. The van der Waals surface area contributed by atoms with Gasteiger partial charge in [-0.2, -0.15) is 0 Å². The molecule has 0 heterocycles. The van der Waals surface area contributed by atoms with Gasteiger partial charge < -0.3 is 27.8 Å². The van der Waals surface area contributed by atoms with Crippen molar-refractivity contribution >= 4 is 23.4 Å². The number of amides is 3. The van der Waals surface area contributed by atoms with Crippen LogP contribution < -0.4 is 33.3 Å². The summed E-state index contributed by atoms with van der Waals surface area (Å²) >= 11 is 0. The van der Waals surface area contributed by atoms with Gasteiger partial charge in [0.2, 0.25) is 5.91 Å². The Morgan fingerprint density at radius 2 is 1.41 bits per heavy atom. The molecule has 0 unspecified atom stereocenters. The van der Waals surface area contributed by atoms with Crippen LogP contribution in [0.5, 0.6) is 0 Å². The Morgan fingerprint density at radius 3 is 1.88 bits per heavy atom. The Labute approximate surface area is 186 Å². The summed E-state index contributed by atoms with van der Waals surface area (Å²) in [6.07, 6.45) is 0. The van der Waals surface area contributed by atoms with Gasteiger partial charge in [0.25, 0.3) is 11.8 Å². The van der Waals surface area contributed by atoms with Crippen molar-refractivity contribution in [2.24, 2.45) is 17.2 Å². The summed E-state index contributed by atoms with van der Waals surface area (Å²) in [5, 5.41) is 13.7. The van der Waals surface area contributed by atoms with Crippen molar-refractivity contribution in [1.82, 2.24) is 10.8 Å². The Kier molecular flexibility index (Phi) is 10.5. The van der Waals surface area contributed by atoms with Gasteiger partial charge in [-0.1, -0.05) is 19.3 Å². The molecular weight excluding hydrogens is 412 g/mol. The molecule has 2 aromatic carbocycles. The molecule has 10 N–H and O–H groups in total. The largest absolute Gasteiger partial charge is 0.339 e. The van der Waals surface area contributed by atoms with Crippen molar-refractivity contribution < 1.29 is 19.6 Å². The summed E-state index contributed by atoms with van der Waals surface area (Å²) in [6.45, 7) is -0.106. The molecular formula is C22H28N6O4. The van der Waals surface area contributed by atoms with Crippen LogP contribution in [0.15, 0.2) is 48.5 Å². The minimum absolute atomic E-state index is 0. The Hall–Kier alpha value is -3.75. The van der Waals surface area contributed by atoms with Crippen LogP contribution >= 0.6 is 0 Å². The van der Waals surface area contributed by atoms with E-state index in [-0.39, 0.29) is 26.4 Å². The molecule has 0 aliphatic carbocycles. The SMILES string of the molecule is C.NC[C@H](NC(=O)c1ccc(C#Cc2ccc(NC(=O)[C@@H](N)CN)cc2)cc1)C(=O)NO. The molecule has 32 heavy (non-hydrogen) atoms. The summed E-state index contributed by atoms with van der Waals surface area (Å²) in [4.78, 5) is 35.3. The number of carbonyl (C=O) groups excluding carboxylic acids is 3. The van der Waals surface area contributed by atoms with E-state index in [2.05, 4.69) is 22.5 Å². The molecule has 0 bridgehead atoms. The zero-order chi connectivity index (χ0) is 22.8. The molecule has 0 spiro atoms. The second-order valence-electron chi connectivity index (χ2n) is 6.47. The molecule has 0 saturated heterocycles. The zero-order valence-electron chi connectivity index (χ0n) is 16.6. The fourth-order valence-corrected chi connectivity index (χ4v) is 2.38. The first-order chi connectivity index (χ1) is 14.9. The number of nitrogens with one attached hydrogen (secondary N) is 3. The van der Waals surface area contributed by atoms with E-state index in [1.807, 2.05) is 0 Å². The van der Waals surface area contributed by atoms with E-state index in [9.17, 15) is 14.4 Å². The van der Waals surface area contributed by atoms with Crippen LogP contribution in [-0.4, -0.2) is 48.1 Å². The summed E-state index contributed by atoms with van der Waals surface area (Å²) in [5.41, 5.74) is 20.1. The molecule has 10 nitrogen and oxygen atoms in total. The van der Waals surface area contributed by atoms with E-state index in [1.54, 1.807) is 48.5 Å². The number of nitrogens with two attached hydrogens (primary N) is 3. The molecule has 0 fully saturated rings. The zero-order valence-corrected chi connectivity index (χ0v) is 16.6. The first-order valence-corrected chi connectivity index (χ1v) is 9.31. The van der Waals surface area contributed by atoms with Gasteiger partial charge in [-0.3, -0.25) is 19.6 Å². The molecule has 0 aliphatic heterocycles. The summed E-state index contributed by atoms with van der Waals surface area (Å²) in [7, 11) is 0. The molecule has 2 atom stereocenters. The lowest BCUT2D eigenvalue weighted by molar-refractivity contribution is -0.130. The molecule has 170 valence electrons. The second kappa shape index (κ2) is 12.8. The first kappa shape index (κ1) is 26.3. The van der Waals surface area contributed by atoms with Gasteiger partial charge in [0.15, 0.2) is 0 Å². The van der Waals surface area contributed by atoms with Gasteiger partial charge in [-0.25, -0.2) is 5.48 Å². The average molecular weight is 441 g/mol. The van der Waals surface area contributed by atoms with Crippen LogP contribution in [0.3, 0.4) is 0 Å². The molecule has 0 saturated carbocycles. The van der Waals surface area contributed by atoms with Gasteiger partial charge in [0.1, 0.15) is 6.04 Å². The lowest BCUT2D eigenvalue weighted by atomic mass is 10.1. The third kappa shape index (κ3) is 7.50. The maximum atomic E-state index is 12.2. The minimum Gasteiger partial charge on any atom is -0.339 e. The van der Waals surface area contributed by atoms with Crippen LogP contribution in [0.2, 0.25) is 0 Å². The number of carbonyl (C=O) groups is 3. The molecule has 0 radical (unpaired) electrons. The highest BCUT2D eigenvalue weighted by atomic mass is 16.5. The predicted molar refractivity (Wildman–Crippen MR) is 121 cm³/mol. The number of benzene rings is 2. The normalized spacial score (nSPS) is 11.6. The topological polar surface area (TPSA) is 186 Å². The highest BCUT2D eigenvalue weighted by Crippen LogP contribution is 2.10. The molecule has 2 rings (SSSR count). The van der Waals surface area contributed by atoms with E-state index in [1.165, 1.54) is 5.48 Å². The molecule has 3 amide bonds. The molecule has 2 aromatic rings. The Balaban J connectivity index is 0.00000512. The second-order valence-corrected chi connectivity index (χ2v) is 6.47. The smallest absolute Gasteiger partial charge is 0.267 e. The van der Waals surface area contributed by atoms with Crippen molar-refractivity contribution in [2.75, 3.05) is 18.4 Å². The molecule has 0 aliphatic rings. The number of rotatable bonds is 7. The average Bonchev–Trinajstić information content (AvgIpc) is 2.81. The molecule has 0 aromatic heterocycles. The van der Waals surface area contributed by atoms with Gasteiger partial charge in [-0.05, 0) is 48.5 Å². The van der Waals surface area contributed by atoms with Crippen LogP contribution in [0.1, 0.15) is 28.9 Å². The summed E-state index contributed by atoms with van der Waals surface area (Å²) in [5.74, 6) is 4.28. The van der Waals surface area contributed by atoms with Crippen LogP contribution in [0.25, 0.3) is 0 Å². The van der Waals surface area contributed by atoms with Crippen molar-refractivity contribution in [3.63, 3.8) is 0 Å². The van der Waals surface area contributed by atoms with Crippen LogP contribution in [0, 0.1) is 11.8 Å². The van der Waals surface area contributed by atoms with E-state index in [0.717, 1.165) is 5.56 Å². The Morgan fingerprint density at radius 1 is 0.875 bits per heavy atom. The van der Waals surface area contributed by atoms with Crippen LogP contribution in [-0.2, 0) is 9.59 Å². The summed E-state index contributed by atoms with van der Waals surface area (Å²) in [6, 6.07) is 11.5. The fourth-order valence-electron chi connectivity index (χ4n) is 2.38.